The van der Waals surface area contributed by atoms with Crippen molar-refractivity contribution in [3.63, 3.8) is 0 Å². The van der Waals surface area contributed by atoms with Gasteiger partial charge in [-0.2, -0.15) is 0 Å². The first-order valence-electron chi connectivity index (χ1n) is 7.63. The second kappa shape index (κ2) is 7.61. The Morgan fingerprint density at radius 2 is 1.96 bits per heavy atom. The molecule has 8 heteroatoms. The summed E-state index contributed by atoms with van der Waals surface area (Å²) in [4.78, 5) is 11.9. The standard InChI is InChI=1S/C15H18ClN5OS/c16-11-8-4-5-9-12(11)18-20-14(22)17-15-21-19-13(23-15)10-6-2-1-3-7-10/h4-5,8-10,18H,1-3,6-7H2,(H2,17,20,21,22). The van der Waals surface area contributed by atoms with Gasteiger partial charge in [0.15, 0.2) is 0 Å². The molecule has 0 spiro atoms. The Kier molecular flexibility index (Phi) is 5.30. The van der Waals surface area contributed by atoms with Gasteiger partial charge in [0, 0.05) is 5.92 Å². The molecule has 2 aromatic rings. The van der Waals surface area contributed by atoms with E-state index in [1.165, 1.54) is 30.6 Å². The zero-order valence-corrected chi connectivity index (χ0v) is 14.1. The van der Waals surface area contributed by atoms with E-state index in [-0.39, 0.29) is 0 Å². The quantitative estimate of drug-likeness (QED) is 0.714. The van der Waals surface area contributed by atoms with Gasteiger partial charge in [-0.3, -0.25) is 16.2 Å². The van der Waals surface area contributed by atoms with Crippen molar-refractivity contribution in [3.05, 3.63) is 34.3 Å². The summed E-state index contributed by atoms with van der Waals surface area (Å²) in [5.74, 6) is 0.487. The van der Waals surface area contributed by atoms with Gasteiger partial charge in [0.1, 0.15) is 5.01 Å². The third-order valence-corrected chi connectivity index (χ3v) is 5.13. The van der Waals surface area contributed by atoms with Crippen LogP contribution in [0.2, 0.25) is 5.02 Å². The highest BCUT2D eigenvalue weighted by Crippen LogP contribution is 2.35. The minimum Gasteiger partial charge on any atom is -0.296 e. The number of hydrogen-bond acceptors (Lipinski definition) is 5. The van der Waals surface area contributed by atoms with E-state index in [9.17, 15) is 4.79 Å². The molecule has 23 heavy (non-hydrogen) atoms. The molecular weight excluding hydrogens is 334 g/mol. The maximum atomic E-state index is 11.9. The van der Waals surface area contributed by atoms with Gasteiger partial charge in [0.2, 0.25) is 5.13 Å². The normalized spacial score (nSPS) is 15.2. The van der Waals surface area contributed by atoms with Crippen LogP contribution in [0.1, 0.15) is 43.0 Å². The van der Waals surface area contributed by atoms with Crippen LogP contribution in [0, 0.1) is 0 Å². The van der Waals surface area contributed by atoms with Crippen molar-refractivity contribution >= 4 is 39.8 Å². The van der Waals surface area contributed by atoms with Gasteiger partial charge in [-0.1, -0.05) is 54.3 Å². The molecule has 2 amide bonds. The highest BCUT2D eigenvalue weighted by molar-refractivity contribution is 7.15. The topological polar surface area (TPSA) is 78.9 Å². The van der Waals surface area contributed by atoms with Crippen molar-refractivity contribution in [2.45, 2.75) is 38.0 Å². The van der Waals surface area contributed by atoms with Crippen molar-refractivity contribution in [2.24, 2.45) is 0 Å². The zero-order valence-electron chi connectivity index (χ0n) is 12.5. The number of nitrogens with one attached hydrogen (secondary N) is 3. The molecule has 1 aliphatic carbocycles. The number of hydrogen-bond donors (Lipinski definition) is 3. The summed E-state index contributed by atoms with van der Waals surface area (Å²) >= 11 is 7.45. The molecule has 0 saturated heterocycles. The van der Waals surface area contributed by atoms with E-state index in [1.807, 2.05) is 12.1 Å². The number of anilines is 2. The minimum absolute atomic E-state index is 0.406. The molecule has 0 unspecified atom stereocenters. The van der Waals surface area contributed by atoms with Crippen LogP contribution in [-0.2, 0) is 0 Å². The molecule has 1 aliphatic rings. The highest BCUT2D eigenvalue weighted by Gasteiger charge is 2.20. The second-order valence-corrected chi connectivity index (χ2v) is 6.88. The van der Waals surface area contributed by atoms with Crippen molar-refractivity contribution < 1.29 is 4.79 Å². The van der Waals surface area contributed by atoms with Crippen LogP contribution in [0.15, 0.2) is 24.3 Å². The molecule has 1 heterocycles. The monoisotopic (exact) mass is 351 g/mol. The molecule has 0 bridgehead atoms. The number of nitrogens with zero attached hydrogens (tertiary/aromatic N) is 2. The Balaban J connectivity index is 1.52. The van der Waals surface area contributed by atoms with E-state index in [4.69, 9.17) is 11.6 Å². The number of hydrazine groups is 1. The number of amides is 2. The number of carbonyl (C=O) groups excluding carboxylic acids is 1. The summed E-state index contributed by atoms with van der Waals surface area (Å²) in [5, 5.41) is 13.0. The van der Waals surface area contributed by atoms with Crippen molar-refractivity contribution in [3.8, 4) is 0 Å². The second-order valence-electron chi connectivity index (χ2n) is 5.46. The summed E-state index contributed by atoms with van der Waals surface area (Å²) in [5.41, 5.74) is 5.93. The predicted molar refractivity (Wildman–Crippen MR) is 93.0 cm³/mol. The smallest absolute Gasteiger partial charge is 0.296 e. The summed E-state index contributed by atoms with van der Waals surface area (Å²) in [7, 11) is 0. The van der Waals surface area contributed by atoms with Crippen molar-refractivity contribution in [1.29, 1.82) is 0 Å². The fourth-order valence-corrected chi connectivity index (χ4v) is 3.71. The van der Waals surface area contributed by atoms with Gasteiger partial charge < -0.3 is 0 Å². The number of halogens is 1. The van der Waals surface area contributed by atoms with Crippen LogP contribution in [0.4, 0.5) is 15.6 Å². The number of aromatic nitrogens is 2. The first-order valence-corrected chi connectivity index (χ1v) is 8.83. The predicted octanol–water partition coefficient (Wildman–Crippen LogP) is 4.39. The van der Waals surface area contributed by atoms with Gasteiger partial charge in [-0.05, 0) is 25.0 Å². The molecule has 3 rings (SSSR count). The Labute approximate surface area is 143 Å². The van der Waals surface area contributed by atoms with Gasteiger partial charge in [-0.15, -0.1) is 10.2 Å². The molecule has 1 aromatic carbocycles. The van der Waals surface area contributed by atoms with Crippen molar-refractivity contribution in [2.75, 3.05) is 10.7 Å². The first-order chi connectivity index (χ1) is 11.2. The molecule has 122 valence electrons. The molecular formula is C15H18ClN5OS. The lowest BCUT2D eigenvalue weighted by molar-refractivity contribution is 0.254. The summed E-state index contributed by atoms with van der Waals surface area (Å²) in [6, 6.07) is 6.76. The van der Waals surface area contributed by atoms with E-state index in [0.717, 1.165) is 17.8 Å². The fourth-order valence-electron chi connectivity index (χ4n) is 2.61. The van der Waals surface area contributed by atoms with E-state index in [2.05, 4.69) is 26.4 Å². The largest absolute Gasteiger partial charge is 0.339 e. The Hall–Kier alpha value is -1.86. The van der Waals surface area contributed by atoms with Crippen LogP contribution in [-0.4, -0.2) is 16.2 Å². The van der Waals surface area contributed by atoms with Gasteiger partial charge in [0.05, 0.1) is 10.7 Å². The maximum Gasteiger partial charge on any atom is 0.339 e. The van der Waals surface area contributed by atoms with Crippen LogP contribution in [0.25, 0.3) is 0 Å². The Morgan fingerprint density at radius 3 is 2.74 bits per heavy atom. The summed E-state index contributed by atoms with van der Waals surface area (Å²) in [6.07, 6.45) is 6.12. The SMILES string of the molecule is O=C(NNc1ccccc1Cl)Nc1nnc(C2CCCCC2)s1. The molecule has 0 aliphatic heterocycles. The van der Waals surface area contributed by atoms with Crippen LogP contribution < -0.4 is 16.2 Å². The summed E-state index contributed by atoms with van der Waals surface area (Å²) in [6.45, 7) is 0. The fraction of sp³-hybridized carbons (Fsp3) is 0.400. The first kappa shape index (κ1) is 16.0. The average Bonchev–Trinajstić information content (AvgIpc) is 3.03. The van der Waals surface area contributed by atoms with E-state index in [0.29, 0.717) is 21.8 Å². The number of carbonyl (C=O) groups is 1. The van der Waals surface area contributed by atoms with Crippen LogP contribution in [0.3, 0.4) is 0 Å². The lowest BCUT2D eigenvalue weighted by atomic mass is 9.90. The Morgan fingerprint density at radius 1 is 1.17 bits per heavy atom. The lowest BCUT2D eigenvalue weighted by Gasteiger charge is -2.18. The lowest BCUT2D eigenvalue weighted by Crippen LogP contribution is -2.33. The van der Waals surface area contributed by atoms with Gasteiger partial charge in [-0.25, -0.2) is 4.79 Å². The number of rotatable bonds is 4. The molecule has 1 saturated carbocycles. The molecule has 0 atom stereocenters. The minimum atomic E-state index is -0.406. The van der Waals surface area contributed by atoms with Crippen LogP contribution in [0.5, 0.6) is 0 Å². The third-order valence-electron chi connectivity index (χ3n) is 3.80. The number of urea groups is 1. The zero-order chi connectivity index (χ0) is 16.1. The molecule has 1 fully saturated rings. The number of para-hydroxylation sites is 1. The third kappa shape index (κ3) is 4.33. The van der Waals surface area contributed by atoms with Gasteiger partial charge >= 0.3 is 6.03 Å². The molecule has 6 nitrogen and oxygen atoms in total. The van der Waals surface area contributed by atoms with Gasteiger partial charge in [0.25, 0.3) is 0 Å². The van der Waals surface area contributed by atoms with Crippen molar-refractivity contribution in [1.82, 2.24) is 15.6 Å². The number of benzene rings is 1. The maximum absolute atomic E-state index is 11.9. The summed E-state index contributed by atoms with van der Waals surface area (Å²) < 4.78 is 0. The molecule has 3 N–H and O–H groups in total. The van der Waals surface area contributed by atoms with E-state index < -0.39 is 6.03 Å². The van der Waals surface area contributed by atoms with Crippen LogP contribution >= 0.6 is 22.9 Å². The van der Waals surface area contributed by atoms with E-state index in [1.54, 1.807) is 12.1 Å². The Bertz CT molecular complexity index is 671. The highest BCUT2D eigenvalue weighted by atomic mass is 35.5. The average molecular weight is 352 g/mol. The van der Waals surface area contributed by atoms with E-state index >= 15 is 0 Å². The molecule has 1 aromatic heterocycles. The molecule has 0 radical (unpaired) electrons.